The fourth-order valence-electron chi connectivity index (χ4n) is 2.22. The van der Waals surface area contributed by atoms with Gasteiger partial charge in [-0.05, 0) is 19.0 Å². The van der Waals surface area contributed by atoms with E-state index in [9.17, 15) is 0 Å². The number of nitrogens with one attached hydrogen (secondary N) is 1. The van der Waals surface area contributed by atoms with E-state index in [4.69, 9.17) is 4.74 Å². The van der Waals surface area contributed by atoms with E-state index < -0.39 is 0 Å². The summed E-state index contributed by atoms with van der Waals surface area (Å²) in [5.74, 6) is 0.936. The van der Waals surface area contributed by atoms with Crippen molar-refractivity contribution in [2.24, 2.45) is 7.05 Å². The summed E-state index contributed by atoms with van der Waals surface area (Å²) in [5.41, 5.74) is 2.16. The van der Waals surface area contributed by atoms with Crippen molar-refractivity contribution < 1.29 is 4.74 Å². The van der Waals surface area contributed by atoms with Gasteiger partial charge in [-0.2, -0.15) is 0 Å². The Hall–Kier alpha value is -1.81. The number of benzene rings is 1. The van der Waals surface area contributed by atoms with Crippen molar-refractivity contribution in [1.29, 1.82) is 0 Å². The second-order valence-corrected chi connectivity index (χ2v) is 4.84. The minimum Gasteiger partial charge on any atom is -0.493 e. The molecule has 4 nitrogen and oxygen atoms in total. The van der Waals surface area contributed by atoms with Crippen LogP contribution in [0.4, 0.5) is 0 Å². The number of rotatable bonds is 7. The summed E-state index contributed by atoms with van der Waals surface area (Å²) in [6.45, 7) is 5.83. The monoisotopic (exact) mass is 273 g/mol. The SMILES string of the molecule is CCCOc1ccccc1C(NCC)c1cn(C)cn1. The van der Waals surface area contributed by atoms with E-state index in [1.807, 2.05) is 42.3 Å². The van der Waals surface area contributed by atoms with Crippen molar-refractivity contribution in [2.75, 3.05) is 13.2 Å². The fraction of sp³-hybridized carbons (Fsp3) is 0.438. The summed E-state index contributed by atoms with van der Waals surface area (Å²) in [7, 11) is 1.99. The molecule has 0 spiro atoms. The van der Waals surface area contributed by atoms with E-state index in [1.165, 1.54) is 0 Å². The van der Waals surface area contributed by atoms with Gasteiger partial charge in [0.1, 0.15) is 5.75 Å². The zero-order valence-corrected chi connectivity index (χ0v) is 12.5. The van der Waals surface area contributed by atoms with Crippen molar-refractivity contribution in [3.8, 4) is 5.75 Å². The predicted octanol–water partition coefficient (Wildman–Crippen LogP) is 2.91. The molecule has 1 heterocycles. The van der Waals surface area contributed by atoms with Crippen molar-refractivity contribution in [2.45, 2.75) is 26.3 Å². The molecule has 0 saturated heterocycles. The number of ether oxygens (including phenoxy) is 1. The topological polar surface area (TPSA) is 39.1 Å². The lowest BCUT2D eigenvalue weighted by molar-refractivity contribution is 0.311. The molecule has 0 aliphatic heterocycles. The molecule has 0 aliphatic rings. The molecule has 1 aromatic heterocycles. The molecule has 4 heteroatoms. The summed E-state index contributed by atoms with van der Waals surface area (Å²) < 4.78 is 7.83. The largest absolute Gasteiger partial charge is 0.493 e. The van der Waals surface area contributed by atoms with Gasteiger partial charge >= 0.3 is 0 Å². The number of aromatic nitrogens is 2. The molecule has 2 aromatic rings. The lowest BCUT2D eigenvalue weighted by atomic mass is 10.0. The molecule has 1 atom stereocenters. The molecular formula is C16H23N3O. The Labute approximate surface area is 120 Å². The zero-order valence-electron chi connectivity index (χ0n) is 12.5. The van der Waals surface area contributed by atoms with Gasteiger partial charge in [-0.3, -0.25) is 0 Å². The summed E-state index contributed by atoms with van der Waals surface area (Å²) in [4.78, 5) is 4.48. The van der Waals surface area contributed by atoms with E-state index in [1.54, 1.807) is 0 Å². The molecule has 0 aliphatic carbocycles. The normalized spacial score (nSPS) is 12.3. The highest BCUT2D eigenvalue weighted by Gasteiger charge is 2.19. The predicted molar refractivity (Wildman–Crippen MR) is 81.0 cm³/mol. The van der Waals surface area contributed by atoms with Crippen LogP contribution in [-0.4, -0.2) is 22.7 Å². The Kier molecular flexibility index (Phi) is 5.18. The molecule has 108 valence electrons. The molecule has 0 radical (unpaired) electrons. The molecule has 0 bridgehead atoms. The standard InChI is InChI=1S/C16H23N3O/c1-4-10-20-15-9-7-6-8-13(15)16(17-5-2)14-11-19(3)12-18-14/h6-9,11-12,16-17H,4-5,10H2,1-3H3. The molecule has 0 saturated carbocycles. The Morgan fingerprint density at radius 3 is 2.75 bits per heavy atom. The van der Waals surface area contributed by atoms with Crippen LogP contribution in [0.1, 0.15) is 37.6 Å². The summed E-state index contributed by atoms with van der Waals surface area (Å²) >= 11 is 0. The number of para-hydroxylation sites is 1. The van der Waals surface area contributed by atoms with Crippen molar-refractivity contribution >= 4 is 0 Å². The molecule has 2 rings (SSSR count). The van der Waals surface area contributed by atoms with Crippen LogP contribution in [0.3, 0.4) is 0 Å². The first-order chi connectivity index (χ1) is 9.76. The van der Waals surface area contributed by atoms with Crippen LogP contribution in [0.5, 0.6) is 5.75 Å². The van der Waals surface area contributed by atoms with Gasteiger partial charge in [-0.15, -0.1) is 0 Å². The maximum atomic E-state index is 5.87. The fourth-order valence-corrected chi connectivity index (χ4v) is 2.22. The third-order valence-corrected chi connectivity index (χ3v) is 3.12. The van der Waals surface area contributed by atoms with Gasteiger partial charge in [0.05, 0.1) is 24.7 Å². The highest BCUT2D eigenvalue weighted by atomic mass is 16.5. The Morgan fingerprint density at radius 2 is 2.10 bits per heavy atom. The molecule has 20 heavy (non-hydrogen) atoms. The quantitative estimate of drug-likeness (QED) is 0.843. The Balaban J connectivity index is 2.33. The lowest BCUT2D eigenvalue weighted by Crippen LogP contribution is -2.23. The number of nitrogens with zero attached hydrogens (tertiary/aromatic N) is 2. The lowest BCUT2D eigenvalue weighted by Gasteiger charge is -2.19. The number of hydrogen-bond acceptors (Lipinski definition) is 3. The van der Waals surface area contributed by atoms with Crippen LogP contribution in [-0.2, 0) is 7.05 Å². The minimum atomic E-state index is 0.0641. The number of imidazole rings is 1. The van der Waals surface area contributed by atoms with Gasteiger partial charge in [0.25, 0.3) is 0 Å². The van der Waals surface area contributed by atoms with Crippen molar-refractivity contribution in [3.63, 3.8) is 0 Å². The van der Waals surface area contributed by atoms with E-state index >= 15 is 0 Å². The van der Waals surface area contributed by atoms with Crippen LogP contribution in [0.2, 0.25) is 0 Å². The van der Waals surface area contributed by atoms with E-state index in [0.29, 0.717) is 0 Å². The van der Waals surface area contributed by atoms with Crippen LogP contribution < -0.4 is 10.1 Å². The number of hydrogen-bond donors (Lipinski definition) is 1. The second kappa shape index (κ2) is 7.10. The van der Waals surface area contributed by atoms with Crippen LogP contribution in [0.15, 0.2) is 36.8 Å². The molecule has 1 aromatic carbocycles. The Bertz CT molecular complexity index is 536. The zero-order chi connectivity index (χ0) is 14.4. The third kappa shape index (κ3) is 3.39. The molecule has 1 unspecified atom stereocenters. The number of aryl methyl sites for hydroxylation is 1. The van der Waals surface area contributed by atoms with Gasteiger partial charge < -0.3 is 14.6 Å². The third-order valence-electron chi connectivity index (χ3n) is 3.12. The molecule has 0 amide bonds. The van der Waals surface area contributed by atoms with Crippen LogP contribution in [0, 0.1) is 0 Å². The summed E-state index contributed by atoms with van der Waals surface area (Å²) in [5, 5.41) is 3.49. The van der Waals surface area contributed by atoms with E-state index in [2.05, 4.69) is 30.2 Å². The van der Waals surface area contributed by atoms with Crippen LogP contribution in [0.25, 0.3) is 0 Å². The average Bonchev–Trinajstić information content (AvgIpc) is 2.89. The first-order valence-electron chi connectivity index (χ1n) is 7.19. The minimum absolute atomic E-state index is 0.0641. The first kappa shape index (κ1) is 14.6. The molecule has 1 N–H and O–H groups in total. The highest BCUT2D eigenvalue weighted by molar-refractivity contribution is 5.39. The summed E-state index contributed by atoms with van der Waals surface area (Å²) in [6, 6.07) is 8.25. The maximum absolute atomic E-state index is 5.87. The smallest absolute Gasteiger partial charge is 0.124 e. The maximum Gasteiger partial charge on any atom is 0.124 e. The summed E-state index contributed by atoms with van der Waals surface area (Å²) in [6.07, 6.45) is 4.88. The molecule has 0 fully saturated rings. The molecular weight excluding hydrogens is 250 g/mol. The average molecular weight is 273 g/mol. The van der Waals surface area contributed by atoms with Gasteiger partial charge in [0, 0.05) is 18.8 Å². The van der Waals surface area contributed by atoms with Crippen LogP contribution >= 0.6 is 0 Å². The van der Waals surface area contributed by atoms with Crippen molar-refractivity contribution in [3.05, 3.63) is 48.0 Å². The Morgan fingerprint density at radius 1 is 1.30 bits per heavy atom. The van der Waals surface area contributed by atoms with Gasteiger partial charge in [0.15, 0.2) is 0 Å². The van der Waals surface area contributed by atoms with Crippen molar-refractivity contribution in [1.82, 2.24) is 14.9 Å². The second-order valence-electron chi connectivity index (χ2n) is 4.84. The first-order valence-corrected chi connectivity index (χ1v) is 7.19. The van der Waals surface area contributed by atoms with E-state index in [-0.39, 0.29) is 6.04 Å². The van der Waals surface area contributed by atoms with Gasteiger partial charge in [-0.25, -0.2) is 4.98 Å². The van der Waals surface area contributed by atoms with E-state index in [0.717, 1.165) is 36.6 Å². The van der Waals surface area contributed by atoms with Gasteiger partial charge in [0.2, 0.25) is 0 Å². The highest BCUT2D eigenvalue weighted by Crippen LogP contribution is 2.29. The van der Waals surface area contributed by atoms with Gasteiger partial charge in [-0.1, -0.05) is 32.0 Å².